The van der Waals surface area contributed by atoms with Crippen LogP contribution < -0.4 is 0 Å². The number of carbonyl (C=O) groups excluding carboxylic acids is 2. The maximum atomic E-state index is 13.0. The molecule has 1 aliphatic heterocycles. The summed E-state index contributed by atoms with van der Waals surface area (Å²) >= 11 is 0. The first-order valence-electron chi connectivity index (χ1n) is 11.2. The number of hydrogen-bond acceptors (Lipinski definition) is 7. The third kappa shape index (κ3) is 5.28. The molecule has 0 unspecified atom stereocenters. The molecule has 2 aromatic carbocycles. The highest BCUT2D eigenvalue weighted by Crippen LogP contribution is 2.23. The summed E-state index contributed by atoms with van der Waals surface area (Å²) in [6.07, 6.45) is 0. The Morgan fingerprint density at radius 3 is 2.34 bits per heavy atom. The number of carbonyl (C=O) groups is 2. The molecule has 0 spiro atoms. The molecule has 1 aromatic heterocycles. The van der Waals surface area contributed by atoms with Gasteiger partial charge in [0.2, 0.25) is 15.9 Å². The second kappa shape index (κ2) is 10.0. The fourth-order valence-corrected chi connectivity index (χ4v) is 5.61. The second-order valence-corrected chi connectivity index (χ2v) is 10.3. The fraction of sp³-hybridized carbons (Fsp3) is 0.320. The molecule has 0 N–H and O–H groups in total. The molecule has 184 valence electrons. The number of hydrogen-bond donors (Lipinski definition) is 0. The minimum atomic E-state index is -3.65. The van der Waals surface area contributed by atoms with Crippen LogP contribution in [0.5, 0.6) is 0 Å². The van der Waals surface area contributed by atoms with E-state index in [4.69, 9.17) is 9.15 Å². The molecule has 9 nitrogen and oxygen atoms in total. The fourth-order valence-electron chi connectivity index (χ4n) is 3.98. The van der Waals surface area contributed by atoms with Crippen molar-refractivity contribution in [3.05, 3.63) is 71.1 Å². The van der Waals surface area contributed by atoms with Gasteiger partial charge < -0.3 is 14.1 Å². The summed E-state index contributed by atoms with van der Waals surface area (Å²) in [6, 6.07) is 14.4. The SMILES string of the molecule is Cc1ccc(S(=O)(=O)N2CCN(C(=O)COC(=O)c3nc(-c4ccccc4)oc3C)CC2)c(C)c1. The van der Waals surface area contributed by atoms with Gasteiger partial charge in [0.15, 0.2) is 12.3 Å². The molecule has 1 amide bonds. The molecule has 0 aliphatic carbocycles. The molecule has 35 heavy (non-hydrogen) atoms. The van der Waals surface area contributed by atoms with Gasteiger partial charge in [-0.1, -0.05) is 35.9 Å². The number of aromatic nitrogens is 1. The van der Waals surface area contributed by atoms with Crippen LogP contribution in [-0.2, 0) is 19.6 Å². The van der Waals surface area contributed by atoms with E-state index in [0.717, 1.165) is 11.1 Å². The van der Waals surface area contributed by atoms with E-state index in [1.165, 1.54) is 9.21 Å². The molecule has 1 saturated heterocycles. The largest absolute Gasteiger partial charge is 0.451 e. The molecule has 0 saturated carbocycles. The Labute approximate surface area is 204 Å². The lowest BCUT2D eigenvalue weighted by Crippen LogP contribution is -2.51. The normalized spacial score (nSPS) is 14.7. The number of rotatable bonds is 6. The summed E-state index contributed by atoms with van der Waals surface area (Å²) in [6.45, 7) is 5.57. The third-order valence-electron chi connectivity index (χ3n) is 5.88. The number of nitrogens with zero attached hydrogens (tertiary/aromatic N) is 3. The van der Waals surface area contributed by atoms with Gasteiger partial charge in [-0.3, -0.25) is 4.79 Å². The van der Waals surface area contributed by atoms with Crippen molar-refractivity contribution in [2.75, 3.05) is 32.8 Å². The number of amides is 1. The quantitative estimate of drug-likeness (QED) is 0.482. The average Bonchev–Trinajstić information content (AvgIpc) is 3.24. The molecule has 0 radical (unpaired) electrons. The molecule has 0 atom stereocenters. The lowest BCUT2D eigenvalue weighted by Gasteiger charge is -2.34. The summed E-state index contributed by atoms with van der Waals surface area (Å²) < 4.78 is 38.2. The van der Waals surface area contributed by atoms with E-state index in [-0.39, 0.29) is 36.8 Å². The van der Waals surface area contributed by atoms with E-state index in [9.17, 15) is 18.0 Å². The van der Waals surface area contributed by atoms with Crippen molar-refractivity contribution in [1.29, 1.82) is 0 Å². The highest BCUT2D eigenvalue weighted by Gasteiger charge is 2.31. The Morgan fingerprint density at radius 2 is 1.69 bits per heavy atom. The third-order valence-corrected chi connectivity index (χ3v) is 7.94. The number of esters is 1. The van der Waals surface area contributed by atoms with Crippen LogP contribution in [0.2, 0.25) is 0 Å². The van der Waals surface area contributed by atoms with Crippen LogP contribution in [0.25, 0.3) is 11.5 Å². The van der Waals surface area contributed by atoms with Crippen molar-refractivity contribution < 1.29 is 27.2 Å². The Hall–Kier alpha value is -3.50. The van der Waals surface area contributed by atoms with Gasteiger partial charge >= 0.3 is 5.97 Å². The molecule has 1 fully saturated rings. The zero-order valence-corrected chi connectivity index (χ0v) is 20.7. The summed E-state index contributed by atoms with van der Waals surface area (Å²) in [5.74, 6) is -0.557. The highest BCUT2D eigenvalue weighted by atomic mass is 32.2. The van der Waals surface area contributed by atoms with Gasteiger partial charge in [0.05, 0.1) is 4.90 Å². The summed E-state index contributed by atoms with van der Waals surface area (Å²) in [4.78, 5) is 31.1. The minimum absolute atomic E-state index is 0.0148. The van der Waals surface area contributed by atoms with Gasteiger partial charge in [-0.2, -0.15) is 4.31 Å². The van der Waals surface area contributed by atoms with E-state index >= 15 is 0 Å². The second-order valence-electron chi connectivity index (χ2n) is 8.42. The molecule has 3 aromatic rings. The van der Waals surface area contributed by atoms with E-state index in [1.807, 2.05) is 43.3 Å². The molecular weight excluding hydrogens is 470 g/mol. The van der Waals surface area contributed by atoms with Crippen molar-refractivity contribution in [3.8, 4) is 11.5 Å². The van der Waals surface area contributed by atoms with Gasteiger partial charge in [0.1, 0.15) is 5.76 Å². The lowest BCUT2D eigenvalue weighted by molar-refractivity contribution is -0.135. The van der Waals surface area contributed by atoms with Crippen LogP contribution in [0.3, 0.4) is 0 Å². The van der Waals surface area contributed by atoms with E-state index in [1.54, 1.807) is 26.0 Å². The number of aryl methyl sites for hydroxylation is 3. The number of oxazole rings is 1. The number of ether oxygens (including phenoxy) is 1. The summed E-state index contributed by atoms with van der Waals surface area (Å²) in [5, 5.41) is 0. The van der Waals surface area contributed by atoms with Crippen LogP contribution in [0.4, 0.5) is 0 Å². The van der Waals surface area contributed by atoms with Crippen LogP contribution >= 0.6 is 0 Å². The van der Waals surface area contributed by atoms with Crippen molar-refractivity contribution in [1.82, 2.24) is 14.2 Å². The maximum Gasteiger partial charge on any atom is 0.361 e. The zero-order chi connectivity index (χ0) is 25.2. The van der Waals surface area contributed by atoms with Gasteiger partial charge in [0.25, 0.3) is 5.91 Å². The van der Waals surface area contributed by atoms with Crippen molar-refractivity contribution in [2.45, 2.75) is 25.7 Å². The van der Waals surface area contributed by atoms with Gasteiger partial charge in [-0.15, -0.1) is 0 Å². The van der Waals surface area contributed by atoms with Crippen LogP contribution in [0.15, 0.2) is 57.8 Å². The number of piperazine rings is 1. The lowest BCUT2D eigenvalue weighted by atomic mass is 10.2. The highest BCUT2D eigenvalue weighted by molar-refractivity contribution is 7.89. The van der Waals surface area contributed by atoms with Crippen molar-refractivity contribution >= 4 is 21.9 Å². The van der Waals surface area contributed by atoms with Crippen LogP contribution in [-0.4, -0.2) is 67.3 Å². The predicted octanol–water partition coefficient (Wildman–Crippen LogP) is 2.96. The van der Waals surface area contributed by atoms with E-state index in [0.29, 0.717) is 17.2 Å². The van der Waals surface area contributed by atoms with E-state index < -0.39 is 28.5 Å². The van der Waals surface area contributed by atoms with Crippen molar-refractivity contribution in [2.24, 2.45) is 0 Å². The molecule has 0 bridgehead atoms. The Kier molecular flexibility index (Phi) is 7.04. The first-order valence-corrected chi connectivity index (χ1v) is 12.7. The smallest absolute Gasteiger partial charge is 0.361 e. The standard InChI is InChI=1S/C25H27N3O6S/c1-17-9-10-21(18(2)15-17)35(31,32)28-13-11-27(12-14-28)22(29)16-33-25(30)23-19(3)34-24(26-23)20-7-5-4-6-8-20/h4-10,15H,11-14,16H2,1-3H3. The van der Waals surface area contributed by atoms with E-state index in [2.05, 4.69) is 4.98 Å². The summed E-state index contributed by atoms with van der Waals surface area (Å²) in [7, 11) is -3.65. The topological polar surface area (TPSA) is 110 Å². The zero-order valence-electron chi connectivity index (χ0n) is 19.9. The minimum Gasteiger partial charge on any atom is -0.451 e. The van der Waals surface area contributed by atoms with Crippen LogP contribution in [0.1, 0.15) is 27.4 Å². The Balaban J connectivity index is 1.33. The van der Waals surface area contributed by atoms with Gasteiger partial charge in [-0.05, 0) is 44.5 Å². The number of benzene rings is 2. The molecule has 2 heterocycles. The van der Waals surface area contributed by atoms with Crippen LogP contribution in [0, 0.1) is 20.8 Å². The first kappa shape index (κ1) is 24.6. The average molecular weight is 498 g/mol. The Morgan fingerprint density at radius 1 is 1.00 bits per heavy atom. The van der Waals surface area contributed by atoms with Gasteiger partial charge in [-0.25, -0.2) is 18.2 Å². The molecular formula is C25H27N3O6S. The number of sulfonamides is 1. The van der Waals surface area contributed by atoms with Crippen molar-refractivity contribution in [3.63, 3.8) is 0 Å². The molecule has 10 heteroatoms. The maximum absolute atomic E-state index is 13.0. The summed E-state index contributed by atoms with van der Waals surface area (Å²) in [5.41, 5.74) is 2.41. The first-order chi connectivity index (χ1) is 16.7. The molecule has 4 rings (SSSR count). The monoisotopic (exact) mass is 497 g/mol. The predicted molar refractivity (Wildman–Crippen MR) is 128 cm³/mol. The Bertz CT molecular complexity index is 1340. The molecule has 1 aliphatic rings. The van der Waals surface area contributed by atoms with Gasteiger partial charge in [0, 0.05) is 31.7 Å².